The highest BCUT2D eigenvalue weighted by atomic mass is 79.9. The fraction of sp³-hybridized carbons (Fsp3) is 0.500. The number of ether oxygens (including phenoxy) is 1. The van der Waals surface area contributed by atoms with Crippen LogP contribution in [0.3, 0.4) is 0 Å². The molecule has 0 spiro atoms. The van der Waals surface area contributed by atoms with E-state index in [0.29, 0.717) is 23.4 Å². The van der Waals surface area contributed by atoms with Crippen LogP contribution in [0.1, 0.15) is 13.8 Å². The Morgan fingerprint density at radius 1 is 1.41 bits per heavy atom. The zero-order valence-corrected chi connectivity index (χ0v) is 12.4. The Morgan fingerprint density at radius 3 is 2.41 bits per heavy atom. The van der Waals surface area contributed by atoms with Crippen molar-refractivity contribution in [3.63, 3.8) is 0 Å². The van der Waals surface area contributed by atoms with Crippen LogP contribution < -0.4 is 4.74 Å². The van der Waals surface area contributed by atoms with Crippen molar-refractivity contribution in [2.45, 2.75) is 18.7 Å². The van der Waals surface area contributed by atoms with Crippen molar-refractivity contribution in [3.8, 4) is 5.88 Å². The Kier molecular flexibility index (Phi) is 4.91. The average molecular weight is 323 g/mol. The number of hydrogen-bond acceptors (Lipinski definition) is 4. The van der Waals surface area contributed by atoms with E-state index in [0.717, 1.165) is 0 Å². The molecule has 96 valence electrons. The molecular formula is C10H15BrN2O3S. The Labute approximate surface area is 110 Å². The average Bonchev–Trinajstić information content (AvgIpc) is 2.30. The van der Waals surface area contributed by atoms with Crippen LogP contribution in [0.5, 0.6) is 5.88 Å². The minimum absolute atomic E-state index is 0.161. The molecule has 0 N–H and O–H groups in total. The molecule has 0 saturated carbocycles. The van der Waals surface area contributed by atoms with Gasteiger partial charge < -0.3 is 4.74 Å². The molecule has 0 saturated heterocycles. The maximum atomic E-state index is 12.2. The zero-order valence-electron chi connectivity index (χ0n) is 9.97. The largest absolute Gasteiger partial charge is 0.480 e. The van der Waals surface area contributed by atoms with Crippen molar-refractivity contribution in [1.82, 2.24) is 9.29 Å². The summed E-state index contributed by atoms with van der Waals surface area (Å²) in [5.41, 5.74) is 0. The van der Waals surface area contributed by atoms with Crippen LogP contribution >= 0.6 is 15.9 Å². The lowest BCUT2D eigenvalue weighted by Crippen LogP contribution is -2.30. The summed E-state index contributed by atoms with van der Waals surface area (Å²) in [7, 11) is -1.99. The lowest BCUT2D eigenvalue weighted by atomic mass is 10.5. The summed E-state index contributed by atoms with van der Waals surface area (Å²) in [6, 6.07) is 1.50. The predicted octanol–water partition coefficient (Wildman–Crippen LogP) is 1.88. The van der Waals surface area contributed by atoms with Crippen molar-refractivity contribution in [3.05, 3.63) is 16.7 Å². The van der Waals surface area contributed by atoms with E-state index in [1.807, 2.05) is 0 Å². The first-order valence-electron chi connectivity index (χ1n) is 5.17. The molecule has 0 atom stereocenters. The van der Waals surface area contributed by atoms with Crippen LogP contribution in [-0.4, -0.2) is 37.9 Å². The first kappa shape index (κ1) is 14.4. The highest BCUT2D eigenvalue weighted by Crippen LogP contribution is 2.26. The van der Waals surface area contributed by atoms with E-state index in [4.69, 9.17) is 4.74 Å². The fourth-order valence-corrected chi connectivity index (χ4v) is 3.50. The standard InChI is InChI=1S/C10H15BrN2O3S/c1-4-13(5-2)17(14,15)8-6-9(11)10(16-3)12-7-8/h6-7H,4-5H2,1-3H3. The molecule has 1 aromatic heterocycles. The van der Waals surface area contributed by atoms with E-state index in [1.165, 1.54) is 23.7 Å². The van der Waals surface area contributed by atoms with E-state index >= 15 is 0 Å². The third-order valence-electron chi connectivity index (χ3n) is 2.32. The first-order valence-corrected chi connectivity index (χ1v) is 7.40. The van der Waals surface area contributed by atoms with E-state index in [9.17, 15) is 8.42 Å². The number of sulfonamides is 1. The second kappa shape index (κ2) is 5.79. The van der Waals surface area contributed by atoms with Crippen LogP contribution in [0.2, 0.25) is 0 Å². The summed E-state index contributed by atoms with van der Waals surface area (Å²) >= 11 is 3.22. The lowest BCUT2D eigenvalue weighted by molar-refractivity contribution is 0.393. The van der Waals surface area contributed by atoms with Gasteiger partial charge in [0.25, 0.3) is 0 Å². The number of aromatic nitrogens is 1. The molecule has 1 rings (SSSR count). The number of hydrogen-bond donors (Lipinski definition) is 0. The SMILES string of the molecule is CCN(CC)S(=O)(=O)c1cnc(OC)c(Br)c1. The van der Waals surface area contributed by atoms with Crippen molar-refractivity contribution < 1.29 is 13.2 Å². The van der Waals surface area contributed by atoms with Crippen molar-refractivity contribution in [2.24, 2.45) is 0 Å². The van der Waals surface area contributed by atoms with Gasteiger partial charge in [-0.15, -0.1) is 0 Å². The van der Waals surface area contributed by atoms with Crippen molar-refractivity contribution in [1.29, 1.82) is 0 Å². The topological polar surface area (TPSA) is 59.5 Å². The summed E-state index contributed by atoms with van der Waals surface area (Å²) in [6.45, 7) is 4.46. The molecule has 0 bridgehead atoms. The molecule has 1 aromatic rings. The van der Waals surface area contributed by atoms with Crippen molar-refractivity contribution >= 4 is 26.0 Å². The van der Waals surface area contributed by atoms with Crippen LogP contribution in [0.25, 0.3) is 0 Å². The third-order valence-corrected chi connectivity index (χ3v) is 4.90. The van der Waals surface area contributed by atoms with Gasteiger partial charge in [-0.05, 0) is 22.0 Å². The van der Waals surface area contributed by atoms with Gasteiger partial charge in [0.1, 0.15) is 4.90 Å². The highest BCUT2D eigenvalue weighted by Gasteiger charge is 2.22. The van der Waals surface area contributed by atoms with Gasteiger partial charge >= 0.3 is 0 Å². The van der Waals surface area contributed by atoms with E-state index in [-0.39, 0.29) is 4.90 Å². The number of nitrogens with zero attached hydrogens (tertiary/aromatic N) is 2. The molecule has 0 unspecified atom stereocenters. The smallest absolute Gasteiger partial charge is 0.244 e. The Hall–Kier alpha value is -0.660. The summed E-state index contributed by atoms with van der Waals surface area (Å²) < 4.78 is 31.2. The maximum absolute atomic E-state index is 12.2. The number of halogens is 1. The normalized spacial score (nSPS) is 11.8. The Bertz CT molecular complexity index is 486. The molecule has 7 heteroatoms. The summed E-state index contributed by atoms with van der Waals surface area (Å²) in [5.74, 6) is 0.364. The highest BCUT2D eigenvalue weighted by molar-refractivity contribution is 9.10. The Balaban J connectivity index is 3.20. The van der Waals surface area contributed by atoms with Crippen LogP contribution in [-0.2, 0) is 10.0 Å². The van der Waals surface area contributed by atoms with Gasteiger partial charge in [0.05, 0.1) is 17.8 Å². The zero-order chi connectivity index (χ0) is 13.1. The second-order valence-electron chi connectivity index (χ2n) is 3.25. The molecule has 0 aliphatic carbocycles. The van der Waals surface area contributed by atoms with Crippen LogP contribution in [0.15, 0.2) is 21.6 Å². The maximum Gasteiger partial charge on any atom is 0.244 e. The third kappa shape index (κ3) is 2.97. The Morgan fingerprint density at radius 2 is 2.00 bits per heavy atom. The molecule has 17 heavy (non-hydrogen) atoms. The monoisotopic (exact) mass is 322 g/mol. The predicted molar refractivity (Wildman–Crippen MR) is 68.6 cm³/mol. The van der Waals surface area contributed by atoms with Gasteiger partial charge in [-0.2, -0.15) is 4.31 Å². The van der Waals surface area contributed by atoms with E-state index in [1.54, 1.807) is 13.8 Å². The van der Waals surface area contributed by atoms with Gasteiger partial charge in [-0.25, -0.2) is 13.4 Å². The second-order valence-corrected chi connectivity index (χ2v) is 6.04. The fourth-order valence-electron chi connectivity index (χ4n) is 1.41. The van der Waals surface area contributed by atoms with Gasteiger partial charge in [-0.1, -0.05) is 13.8 Å². The molecule has 0 aliphatic rings. The van der Waals surface area contributed by atoms with Gasteiger partial charge in [0, 0.05) is 13.1 Å². The van der Waals surface area contributed by atoms with Gasteiger partial charge in [0.15, 0.2) is 0 Å². The molecule has 0 radical (unpaired) electrons. The van der Waals surface area contributed by atoms with Gasteiger partial charge in [0.2, 0.25) is 15.9 Å². The van der Waals surface area contributed by atoms with Crippen molar-refractivity contribution in [2.75, 3.05) is 20.2 Å². The minimum Gasteiger partial charge on any atom is -0.480 e. The summed E-state index contributed by atoms with van der Waals surface area (Å²) in [5, 5.41) is 0. The molecule has 0 aromatic carbocycles. The molecule has 5 nitrogen and oxygen atoms in total. The quantitative estimate of drug-likeness (QED) is 0.830. The van der Waals surface area contributed by atoms with Gasteiger partial charge in [-0.3, -0.25) is 0 Å². The number of pyridine rings is 1. The van der Waals surface area contributed by atoms with Crippen LogP contribution in [0.4, 0.5) is 0 Å². The molecule has 0 fully saturated rings. The molecular weight excluding hydrogens is 308 g/mol. The minimum atomic E-state index is -3.46. The molecule has 1 heterocycles. The van der Waals surface area contributed by atoms with E-state index < -0.39 is 10.0 Å². The molecule has 0 aliphatic heterocycles. The number of methoxy groups -OCH3 is 1. The molecule has 0 amide bonds. The lowest BCUT2D eigenvalue weighted by Gasteiger charge is -2.18. The van der Waals surface area contributed by atoms with E-state index in [2.05, 4.69) is 20.9 Å². The number of rotatable bonds is 5. The summed E-state index contributed by atoms with van der Waals surface area (Å²) in [6.07, 6.45) is 1.30. The first-order chi connectivity index (χ1) is 7.97. The summed E-state index contributed by atoms with van der Waals surface area (Å²) in [4.78, 5) is 4.10. The van der Waals surface area contributed by atoms with Crippen LogP contribution in [0, 0.1) is 0 Å².